The first-order valence-electron chi connectivity index (χ1n) is 18.6. The number of hydrogen-bond acceptors (Lipinski definition) is 10. The van der Waals surface area contributed by atoms with E-state index in [1.807, 2.05) is 67.1 Å². The van der Waals surface area contributed by atoms with E-state index in [1.54, 1.807) is 0 Å². The first-order valence-corrected chi connectivity index (χ1v) is 22.1. The van der Waals surface area contributed by atoms with Crippen LogP contribution < -0.4 is 14.5 Å². The minimum atomic E-state index is -2.34. The number of halogens is 3. The Labute approximate surface area is 335 Å². The summed E-state index contributed by atoms with van der Waals surface area (Å²) in [4.78, 5) is 27.4. The standard InChI is InChI=1S/C39H45ClF2N8O4S2/c1-26(2)50-19-35(34-21-55-37(43)46(34)3)56(40,38(50)51)31-11-7-29(8-12-31)48-16-14-47(15-17-48)28-5-9-30(10-6-28)52-20-36-53-23-39(54-36,22-49-25-44-24-45-49)32-13-4-27(41)18-33(32)42/h4-13,18,24-26,34-36,43H,14-17,19-23H2,1-3H3/t34-,35-,36+,39-/m1/s1. The summed E-state index contributed by atoms with van der Waals surface area (Å²) >= 11 is 1.52. The maximum absolute atomic E-state index is 15.0. The molecule has 8 rings (SSSR count). The minimum Gasteiger partial charge on any atom is -0.488 e. The lowest BCUT2D eigenvalue weighted by Gasteiger charge is -2.39. The van der Waals surface area contributed by atoms with E-state index in [4.69, 9.17) is 30.3 Å². The van der Waals surface area contributed by atoms with Gasteiger partial charge in [-0.2, -0.15) is 5.10 Å². The van der Waals surface area contributed by atoms with Crippen LogP contribution in [-0.2, 0) is 21.6 Å². The summed E-state index contributed by atoms with van der Waals surface area (Å²) in [5.74, 6) is -0.00493. The average Bonchev–Trinajstić information content (AvgIpc) is 3.99. The smallest absolute Gasteiger partial charge is 0.282 e. The van der Waals surface area contributed by atoms with E-state index < -0.39 is 32.8 Å². The molecule has 1 unspecified atom stereocenters. The molecule has 4 fully saturated rings. The van der Waals surface area contributed by atoms with Crippen LogP contribution in [0.5, 0.6) is 5.75 Å². The highest BCUT2D eigenvalue weighted by Crippen LogP contribution is 2.70. The van der Waals surface area contributed by atoms with Crippen LogP contribution in [0.15, 0.2) is 84.3 Å². The first kappa shape index (κ1) is 38.8. The van der Waals surface area contributed by atoms with Crippen LogP contribution in [0, 0.1) is 17.0 Å². The van der Waals surface area contributed by atoms with Gasteiger partial charge < -0.3 is 33.8 Å². The number of anilines is 2. The van der Waals surface area contributed by atoms with E-state index in [-0.39, 0.29) is 47.9 Å². The molecule has 56 heavy (non-hydrogen) atoms. The van der Waals surface area contributed by atoms with Gasteiger partial charge in [-0.1, -0.05) is 28.5 Å². The highest BCUT2D eigenvalue weighted by Gasteiger charge is 2.55. The number of carbonyl (C=O) groups excluding carboxylic acids is 1. The molecule has 1 aromatic heterocycles. The number of piperazine rings is 1. The Morgan fingerprint density at radius 2 is 1.71 bits per heavy atom. The van der Waals surface area contributed by atoms with Gasteiger partial charge in [0.05, 0.1) is 24.4 Å². The number of carbonyl (C=O) groups is 1. The zero-order chi connectivity index (χ0) is 39.2. The summed E-state index contributed by atoms with van der Waals surface area (Å²) in [6.07, 6.45) is 2.09. The molecule has 4 aliphatic rings. The molecule has 298 valence electrons. The van der Waals surface area contributed by atoms with Crippen LogP contribution in [0.1, 0.15) is 19.4 Å². The van der Waals surface area contributed by atoms with Gasteiger partial charge >= 0.3 is 0 Å². The summed E-state index contributed by atoms with van der Waals surface area (Å²) in [6.45, 7) is 8.19. The predicted molar refractivity (Wildman–Crippen MR) is 216 cm³/mol. The van der Waals surface area contributed by atoms with Crippen LogP contribution in [0.4, 0.5) is 25.0 Å². The number of aromatic nitrogens is 3. The van der Waals surface area contributed by atoms with Gasteiger partial charge in [0.2, 0.25) is 0 Å². The summed E-state index contributed by atoms with van der Waals surface area (Å²) in [5, 5.41) is 12.9. The summed E-state index contributed by atoms with van der Waals surface area (Å²) in [5.41, 5.74) is 1.10. The van der Waals surface area contributed by atoms with Gasteiger partial charge in [-0.25, -0.2) is 18.4 Å². The van der Waals surface area contributed by atoms with Crippen molar-refractivity contribution >= 4 is 53.5 Å². The van der Waals surface area contributed by atoms with Crippen molar-refractivity contribution in [2.24, 2.45) is 0 Å². The number of benzene rings is 3. The summed E-state index contributed by atoms with van der Waals surface area (Å²) < 4.78 is 48.5. The highest BCUT2D eigenvalue weighted by molar-refractivity contribution is 8.61. The molecule has 1 N–H and O–H groups in total. The molecular formula is C39H45ClF2N8O4S2. The van der Waals surface area contributed by atoms with Crippen LogP contribution in [0.3, 0.4) is 0 Å². The third kappa shape index (κ3) is 7.30. The molecule has 1 amide bonds. The molecule has 3 aromatic carbocycles. The second-order valence-corrected chi connectivity index (χ2v) is 19.8. The van der Waals surface area contributed by atoms with Crippen molar-refractivity contribution in [3.8, 4) is 5.75 Å². The predicted octanol–water partition coefficient (Wildman–Crippen LogP) is 6.74. The lowest BCUT2D eigenvalue weighted by molar-refractivity contribution is -0.117. The molecule has 17 heteroatoms. The van der Waals surface area contributed by atoms with Gasteiger partial charge in [0.25, 0.3) is 5.24 Å². The first-order chi connectivity index (χ1) is 26.9. The Hall–Kier alpha value is -4.09. The Balaban J connectivity index is 0.867. The van der Waals surface area contributed by atoms with Crippen molar-refractivity contribution in [3.63, 3.8) is 0 Å². The molecular weight excluding hydrogens is 782 g/mol. The van der Waals surface area contributed by atoms with Gasteiger partial charge in [0, 0.05) is 79.5 Å². The van der Waals surface area contributed by atoms with Crippen molar-refractivity contribution in [1.82, 2.24) is 24.6 Å². The van der Waals surface area contributed by atoms with Crippen molar-refractivity contribution in [1.29, 1.82) is 5.41 Å². The number of amidine groups is 1. The number of amides is 1. The fourth-order valence-electron chi connectivity index (χ4n) is 7.96. The molecule has 4 saturated heterocycles. The normalized spacial score (nSPS) is 28.1. The van der Waals surface area contributed by atoms with E-state index in [9.17, 15) is 13.6 Å². The molecule has 4 aromatic rings. The van der Waals surface area contributed by atoms with Crippen LogP contribution >= 0.6 is 31.7 Å². The lowest BCUT2D eigenvalue weighted by Crippen LogP contribution is -2.46. The van der Waals surface area contributed by atoms with Gasteiger partial charge in [-0.3, -0.25) is 10.2 Å². The fourth-order valence-corrected chi connectivity index (χ4v) is 13.4. The van der Waals surface area contributed by atoms with Gasteiger partial charge in [-0.05, 0) is 77.7 Å². The average molecular weight is 827 g/mol. The zero-order valence-corrected chi connectivity index (χ0v) is 33.8. The SMILES string of the molecule is CC(C)N1C[C@H]([C@H]2CSC(=N)N2C)S(Cl)(c2ccc(N3CCN(c4ccc(OC[C@H]5OC[C@](Cn6cncn6)(c6ccc(F)cc6F)O5)cc4)CC3)cc2)C1=O. The Kier molecular flexibility index (Phi) is 10.9. The molecule has 5 atom stereocenters. The van der Waals surface area contributed by atoms with Crippen LogP contribution in [0.2, 0.25) is 0 Å². The number of hydrogen-bond donors (Lipinski definition) is 1. The van der Waals surface area contributed by atoms with E-state index >= 15 is 0 Å². The van der Waals surface area contributed by atoms with Crippen molar-refractivity contribution in [2.45, 2.75) is 54.5 Å². The molecule has 0 bridgehead atoms. The van der Waals surface area contributed by atoms with E-state index in [0.717, 1.165) is 54.3 Å². The monoisotopic (exact) mass is 826 g/mol. The second-order valence-electron chi connectivity index (χ2n) is 14.8. The fraction of sp³-hybridized carbons (Fsp3) is 0.436. The molecule has 5 heterocycles. The van der Waals surface area contributed by atoms with E-state index in [2.05, 4.69) is 32.0 Å². The summed E-state index contributed by atoms with van der Waals surface area (Å²) in [6, 6.07) is 19.6. The quantitative estimate of drug-likeness (QED) is 0.175. The van der Waals surface area contributed by atoms with Crippen molar-refractivity contribution < 1.29 is 27.8 Å². The van der Waals surface area contributed by atoms with E-state index in [0.29, 0.717) is 17.5 Å². The Morgan fingerprint density at radius 1 is 1.04 bits per heavy atom. The Morgan fingerprint density at radius 3 is 2.30 bits per heavy atom. The lowest BCUT2D eigenvalue weighted by atomic mass is 9.94. The maximum atomic E-state index is 15.0. The molecule has 0 aliphatic carbocycles. The molecule has 0 radical (unpaired) electrons. The molecule has 0 saturated carbocycles. The number of nitrogens with one attached hydrogen (secondary N) is 1. The topological polar surface area (TPSA) is 112 Å². The van der Waals surface area contributed by atoms with Gasteiger partial charge in [0.15, 0.2) is 11.5 Å². The van der Waals surface area contributed by atoms with E-state index in [1.165, 1.54) is 41.2 Å². The van der Waals surface area contributed by atoms with Crippen molar-refractivity contribution in [3.05, 3.63) is 96.6 Å². The highest BCUT2D eigenvalue weighted by atomic mass is 35.7. The summed E-state index contributed by atoms with van der Waals surface area (Å²) in [7, 11) is 7.11. The third-order valence-corrected chi connectivity index (χ3v) is 16.8. The second kappa shape index (κ2) is 15.7. The Bertz CT molecular complexity index is 2040. The number of rotatable bonds is 11. The maximum Gasteiger partial charge on any atom is 0.282 e. The minimum absolute atomic E-state index is 0.0222. The molecule has 12 nitrogen and oxygen atoms in total. The number of nitrogens with zero attached hydrogens (tertiary/aromatic N) is 7. The van der Waals surface area contributed by atoms with Crippen molar-refractivity contribution in [2.75, 3.05) is 68.5 Å². The number of ether oxygens (including phenoxy) is 3. The number of thioether (sulfide) groups is 1. The van der Waals surface area contributed by atoms with Gasteiger partial charge in [-0.15, -0.1) is 0 Å². The molecule has 4 aliphatic heterocycles. The largest absolute Gasteiger partial charge is 0.488 e. The van der Waals surface area contributed by atoms with Crippen LogP contribution in [-0.4, -0.2) is 117 Å². The third-order valence-electron chi connectivity index (χ3n) is 11.1. The molecule has 0 spiro atoms. The zero-order valence-electron chi connectivity index (χ0n) is 31.4. The van der Waals surface area contributed by atoms with Crippen LogP contribution in [0.25, 0.3) is 0 Å². The van der Waals surface area contributed by atoms with Gasteiger partial charge in [0.1, 0.15) is 42.2 Å².